The summed E-state index contributed by atoms with van der Waals surface area (Å²) in [6.07, 6.45) is 1.40. The molecule has 1 saturated heterocycles. The van der Waals surface area contributed by atoms with E-state index in [0.29, 0.717) is 13.0 Å². The summed E-state index contributed by atoms with van der Waals surface area (Å²) in [4.78, 5) is 28.3. The topological polar surface area (TPSA) is 40.6 Å². The monoisotopic (exact) mass is 390 g/mol. The fourth-order valence-electron chi connectivity index (χ4n) is 3.69. The van der Waals surface area contributed by atoms with Crippen molar-refractivity contribution in [3.63, 3.8) is 0 Å². The Labute approximate surface area is 170 Å². The first kappa shape index (κ1) is 18.6. The van der Waals surface area contributed by atoms with Crippen molar-refractivity contribution in [3.05, 3.63) is 83.9 Å². The van der Waals surface area contributed by atoms with Crippen molar-refractivity contribution >= 4 is 35.3 Å². The lowest BCUT2D eigenvalue weighted by Crippen LogP contribution is -2.38. The van der Waals surface area contributed by atoms with E-state index in [-0.39, 0.29) is 18.5 Å². The number of urea groups is 1. The zero-order chi connectivity index (χ0) is 19.5. The Kier molecular flexibility index (Phi) is 5.35. The molecule has 1 aliphatic rings. The molecule has 4 rings (SSSR count). The summed E-state index contributed by atoms with van der Waals surface area (Å²) in [5.41, 5.74) is 2.22. The van der Waals surface area contributed by atoms with Crippen molar-refractivity contribution < 1.29 is 9.59 Å². The summed E-state index contributed by atoms with van der Waals surface area (Å²) in [5, 5.41) is 1.82. The first-order valence-electron chi connectivity index (χ1n) is 9.43. The third-order valence-corrected chi connectivity index (χ3v) is 5.63. The molecule has 1 atom stereocenters. The number of rotatable bonds is 6. The third-order valence-electron chi connectivity index (χ3n) is 5.14. The van der Waals surface area contributed by atoms with Crippen LogP contribution in [0, 0.1) is 0 Å². The average Bonchev–Trinajstić information content (AvgIpc) is 3.00. The van der Waals surface area contributed by atoms with E-state index in [4.69, 9.17) is 0 Å². The van der Waals surface area contributed by atoms with Crippen LogP contribution in [0.1, 0.15) is 17.5 Å². The number of thiol groups is 1. The number of carbonyl (C=O) groups is 2. The molecule has 3 amide bonds. The number of aryl methyl sites for hydroxylation is 1. The van der Waals surface area contributed by atoms with E-state index in [1.807, 2.05) is 60.7 Å². The number of hydrogen-bond donors (Lipinski definition) is 1. The predicted octanol–water partition coefficient (Wildman–Crippen LogP) is 4.49. The Morgan fingerprint density at radius 1 is 0.893 bits per heavy atom. The highest BCUT2D eigenvalue weighted by Crippen LogP contribution is 2.25. The highest BCUT2D eigenvalue weighted by atomic mass is 32.1. The molecule has 5 heteroatoms. The van der Waals surface area contributed by atoms with Crippen molar-refractivity contribution in [1.82, 2.24) is 9.80 Å². The van der Waals surface area contributed by atoms with E-state index >= 15 is 0 Å². The molecular formula is C23H22N2O2S. The lowest BCUT2D eigenvalue weighted by molar-refractivity contribution is -0.125. The van der Waals surface area contributed by atoms with E-state index in [1.54, 1.807) is 4.90 Å². The largest absolute Gasteiger partial charge is 0.328 e. The van der Waals surface area contributed by atoms with Gasteiger partial charge in [0.25, 0.3) is 5.91 Å². The van der Waals surface area contributed by atoms with Crippen LogP contribution in [0.5, 0.6) is 0 Å². The van der Waals surface area contributed by atoms with Gasteiger partial charge in [-0.15, -0.1) is 0 Å². The lowest BCUT2D eigenvalue weighted by atomic mass is 10.0. The van der Waals surface area contributed by atoms with Gasteiger partial charge in [-0.2, -0.15) is 12.6 Å². The average molecular weight is 391 g/mol. The molecule has 0 N–H and O–H groups in total. The van der Waals surface area contributed by atoms with Crippen molar-refractivity contribution in [2.45, 2.75) is 24.8 Å². The maximum absolute atomic E-state index is 12.9. The van der Waals surface area contributed by atoms with Crippen LogP contribution in [-0.4, -0.2) is 33.7 Å². The SMILES string of the molecule is O=C1CN(Cc2cccc3ccccc23)C(=O)N1C(S)CCc1ccccc1. The summed E-state index contributed by atoms with van der Waals surface area (Å²) in [5.74, 6) is -0.182. The molecule has 0 aromatic heterocycles. The van der Waals surface area contributed by atoms with E-state index in [9.17, 15) is 9.59 Å². The molecule has 0 spiro atoms. The van der Waals surface area contributed by atoms with Crippen LogP contribution in [0.25, 0.3) is 10.8 Å². The van der Waals surface area contributed by atoms with Crippen LogP contribution in [0.3, 0.4) is 0 Å². The summed E-state index contributed by atoms with van der Waals surface area (Å²) >= 11 is 4.56. The summed E-state index contributed by atoms with van der Waals surface area (Å²) in [7, 11) is 0. The molecule has 1 aliphatic heterocycles. The predicted molar refractivity (Wildman–Crippen MR) is 114 cm³/mol. The molecule has 28 heavy (non-hydrogen) atoms. The fraction of sp³-hybridized carbons (Fsp3) is 0.217. The number of benzene rings is 3. The quantitative estimate of drug-likeness (QED) is 0.498. The van der Waals surface area contributed by atoms with Crippen LogP contribution in [0.4, 0.5) is 4.79 Å². The minimum absolute atomic E-state index is 0.102. The van der Waals surface area contributed by atoms with Gasteiger partial charge in [-0.05, 0) is 34.7 Å². The van der Waals surface area contributed by atoms with E-state index in [0.717, 1.165) is 22.8 Å². The molecule has 0 radical (unpaired) electrons. The smallest absolute Gasteiger partial charge is 0.311 e. The molecule has 0 bridgehead atoms. The van der Waals surface area contributed by atoms with Gasteiger partial charge in [0.15, 0.2) is 0 Å². The minimum atomic E-state index is -0.419. The Morgan fingerprint density at radius 2 is 1.61 bits per heavy atom. The molecule has 0 saturated carbocycles. The van der Waals surface area contributed by atoms with Crippen molar-refractivity contribution in [2.24, 2.45) is 0 Å². The Balaban J connectivity index is 1.46. The Morgan fingerprint density at radius 3 is 2.43 bits per heavy atom. The van der Waals surface area contributed by atoms with Gasteiger partial charge in [0, 0.05) is 6.54 Å². The highest BCUT2D eigenvalue weighted by molar-refractivity contribution is 7.80. The zero-order valence-corrected chi connectivity index (χ0v) is 16.4. The summed E-state index contributed by atoms with van der Waals surface area (Å²) in [6, 6.07) is 23.9. The molecule has 1 heterocycles. The first-order chi connectivity index (χ1) is 13.6. The first-order valence-corrected chi connectivity index (χ1v) is 9.95. The molecule has 1 unspecified atom stereocenters. The number of amides is 3. The summed E-state index contributed by atoms with van der Waals surface area (Å²) < 4.78 is 0. The number of hydrogen-bond acceptors (Lipinski definition) is 3. The van der Waals surface area contributed by atoms with Gasteiger partial charge in [0.2, 0.25) is 0 Å². The lowest BCUT2D eigenvalue weighted by Gasteiger charge is -2.22. The van der Waals surface area contributed by atoms with Crippen LogP contribution >= 0.6 is 12.6 Å². The van der Waals surface area contributed by atoms with Crippen LogP contribution in [0.15, 0.2) is 72.8 Å². The zero-order valence-electron chi connectivity index (χ0n) is 15.5. The van der Waals surface area contributed by atoms with Crippen LogP contribution < -0.4 is 0 Å². The number of imide groups is 1. The van der Waals surface area contributed by atoms with Gasteiger partial charge in [-0.1, -0.05) is 72.8 Å². The summed E-state index contributed by atoms with van der Waals surface area (Å²) in [6.45, 7) is 0.520. The Bertz CT molecular complexity index is 1000. The van der Waals surface area contributed by atoms with E-state index < -0.39 is 5.37 Å². The van der Waals surface area contributed by atoms with Crippen LogP contribution in [0.2, 0.25) is 0 Å². The maximum Gasteiger partial charge on any atom is 0.328 e. The van der Waals surface area contributed by atoms with Crippen molar-refractivity contribution in [3.8, 4) is 0 Å². The molecule has 142 valence electrons. The van der Waals surface area contributed by atoms with Crippen molar-refractivity contribution in [1.29, 1.82) is 0 Å². The van der Waals surface area contributed by atoms with Gasteiger partial charge < -0.3 is 4.90 Å². The maximum atomic E-state index is 12.9. The number of nitrogens with zero attached hydrogens (tertiary/aromatic N) is 2. The second-order valence-electron chi connectivity index (χ2n) is 7.05. The van der Waals surface area contributed by atoms with Gasteiger partial charge in [-0.3, -0.25) is 9.69 Å². The molecule has 0 aliphatic carbocycles. The van der Waals surface area contributed by atoms with Gasteiger partial charge in [0.05, 0.1) is 5.37 Å². The highest BCUT2D eigenvalue weighted by Gasteiger charge is 2.39. The van der Waals surface area contributed by atoms with E-state index in [1.165, 1.54) is 10.5 Å². The van der Waals surface area contributed by atoms with Crippen LogP contribution in [-0.2, 0) is 17.8 Å². The molecule has 3 aromatic carbocycles. The second-order valence-corrected chi connectivity index (χ2v) is 7.64. The minimum Gasteiger partial charge on any atom is -0.311 e. The van der Waals surface area contributed by atoms with E-state index in [2.05, 4.69) is 24.8 Å². The molecule has 3 aromatic rings. The van der Waals surface area contributed by atoms with Gasteiger partial charge in [-0.25, -0.2) is 4.79 Å². The normalized spacial score (nSPS) is 15.5. The molecular weight excluding hydrogens is 368 g/mol. The number of fused-ring (bicyclic) bond motifs is 1. The number of carbonyl (C=O) groups excluding carboxylic acids is 2. The van der Waals surface area contributed by atoms with Crippen molar-refractivity contribution in [2.75, 3.05) is 6.54 Å². The van der Waals surface area contributed by atoms with Gasteiger partial charge in [0.1, 0.15) is 6.54 Å². The third kappa shape index (κ3) is 3.76. The second kappa shape index (κ2) is 8.07. The van der Waals surface area contributed by atoms with Gasteiger partial charge >= 0.3 is 6.03 Å². The standard InChI is InChI=1S/C23H22N2O2S/c26-21-16-24(15-19-11-6-10-18-9-4-5-12-20(18)19)23(27)25(21)22(28)14-13-17-7-2-1-3-8-17/h1-12,22,28H,13-16H2. The Hall–Kier alpha value is -2.79. The molecule has 1 fully saturated rings. The molecule has 4 nitrogen and oxygen atoms in total. The fourth-order valence-corrected chi connectivity index (χ4v) is 4.05.